The minimum atomic E-state index is 0.00366. The number of benzene rings is 2. The van der Waals surface area contributed by atoms with E-state index >= 15 is 0 Å². The van der Waals surface area contributed by atoms with E-state index in [0.717, 1.165) is 16.9 Å². The quantitative estimate of drug-likeness (QED) is 0.700. The van der Waals surface area contributed by atoms with Crippen molar-refractivity contribution in [3.8, 4) is 0 Å². The Morgan fingerprint density at radius 2 is 1.50 bits per heavy atom. The predicted molar refractivity (Wildman–Crippen MR) is 96.8 cm³/mol. The highest BCUT2D eigenvalue weighted by atomic mass is 16.3. The van der Waals surface area contributed by atoms with Gasteiger partial charge in [0.1, 0.15) is 11.5 Å². The van der Waals surface area contributed by atoms with Crippen LogP contribution in [0.3, 0.4) is 0 Å². The summed E-state index contributed by atoms with van der Waals surface area (Å²) in [6.07, 6.45) is 3.35. The van der Waals surface area contributed by atoms with E-state index in [0.29, 0.717) is 11.5 Å². The monoisotopic (exact) mass is 318 g/mol. The van der Waals surface area contributed by atoms with Crippen molar-refractivity contribution in [2.45, 2.75) is 13.5 Å². The van der Waals surface area contributed by atoms with Gasteiger partial charge in [0.15, 0.2) is 0 Å². The minimum Gasteiger partial charge on any atom is -0.454 e. The third-order valence-electron chi connectivity index (χ3n) is 3.42. The van der Waals surface area contributed by atoms with Crippen LogP contribution in [0.4, 0.5) is 11.4 Å². The molecule has 0 unspecified atom stereocenters. The summed E-state index contributed by atoms with van der Waals surface area (Å²) in [5, 5.41) is 9.14. The van der Waals surface area contributed by atoms with Gasteiger partial charge in [-0.05, 0) is 54.4 Å². The van der Waals surface area contributed by atoms with Crippen LogP contribution in [0.1, 0.15) is 22.6 Å². The van der Waals surface area contributed by atoms with Gasteiger partial charge in [0.05, 0.1) is 30.4 Å². The lowest BCUT2D eigenvalue weighted by Crippen LogP contribution is -1.81. The summed E-state index contributed by atoms with van der Waals surface area (Å²) in [5.41, 5.74) is 3.66. The maximum absolute atomic E-state index is 9.14. The van der Waals surface area contributed by atoms with Gasteiger partial charge in [-0.3, -0.25) is 9.98 Å². The molecule has 4 heteroatoms. The van der Waals surface area contributed by atoms with Crippen molar-refractivity contribution in [2.24, 2.45) is 9.98 Å². The number of rotatable bonds is 5. The third-order valence-corrected chi connectivity index (χ3v) is 3.42. The molecule has 1 N–H and O–H groups in total. The van der Waals surface area contributed by atoms with Crippen LogP contribution in [0.5, 0.6) is 0 Å². The summed E-state index contributed by atoms with van der Waals surface area (Å²) >= 11 is 0. The van der Waals surface area contributed by atoms with Crippen LogP contribution in [0.15, 0.2) is 75.1 Å². The zero-order valence-corrected chi connectivity index (χ0v) is 13.4. The van der Waals surface area contributed by atoms with Gasteiger partial charge >= 0.3 is 0 Å². The van der Waals surface area contributed by atoms with Crippen LogP contribution >= 0.6 is 0 Å². The molecule has 4 nitrogen and oxygen atoms in total. The Morgan fingerprint density at radius 3 is 2.12 bits per heavy atom. The van der Waals surface area contributed by atoms with Crippen LogP contribution in [0.2, 0.25) is 0 Å². The molecule has 3 aromatic rings. The van der Waals surface area contributed by atoms with E-state index in [1.54, 1.807) is 12.4 Å². The molecule has 0 aliphatic rings. The average Bonchev–Trinajstić information content (AvgIpc) is 3.06. The van der Waals surface area contributed by atoms with Crippen molar-refractivity contribution in [1.29, 1.82) is 0 Å². The molecule has 24 heavy (non-hydrogen) atoms. The van der Waals surface area contributed by atoms with Gasteiger partial charge in [-0.2, -0.15) is 0 Å². The van der Waals surface area contributed by atoms with E-state index in [9.17, 15) is 0 Å². The highest BCUT2D eigenvalue weighted by molar-refractivity contribution is 5.83. The summed E-state index contributed by atoms with van der Waals surface area (Å²) in [4.78, 5) is 8.75. The molecular weight excluding hydrogens is 300 g/mol. The van der Waals surface area contributed by atoms with Gasteiger partial charge < -0.3 is 9.52 Å². The fourth-order valence-electron chi connectivity index (χ4n) is 2.23. The molecule has 2 aromatic carbocycles. The second-order valence-corrected chi connectivity index (χ2v) is 5.42. The molecule has 0 saturated heterocycles. The standard InChI is InChI=1S/C20H18N2O2/c1-15-4-2-6-17(10-15)21-12-19-8-9-20(24-19)13-22-18-7-3-5-16(11-18)14-23/h2-13,23H,14H2,1H3. The Labute approximate surface area is 140 Å². The van der Waals surface area contributed by atoms with Gasteiger partial charge in [-0.25, -0.2) is 0 Å². The molecular formula is C20H18N2O2. The number of furan rings is 1. The molecule has 0 atom stereocenters. The van der Waals surface area contributed by atoms with Crippen molar-refractivity contribution < 1.29 is 9.52 Å². The van der Waals surface area contributed by atoms with E-state index in [1.807, 2.05) is 67.6 Å². The van der Waals surface area contributed by atoms with Crippen molar-refractivity contribution in [2.75, 3.05) is 0 Å². The second-order valence-electron chi connectivity index (χ2n) is 5.42. The van der Waals surface area contributed by atoms with E-state index in [-0.39, 0.29) is 6.61 Å². The lowest BCUT2D eigenvalue weighted by Gasteiger charge is -1.96. The molecule has 3 rings (SSSR count). The SMILES string of the molecule is Cc1cccc(N=Cc2ccc(C=Nc3cccc(CO)c3)o2)c1. The highest BCUT2D eigenvalue weighted by Crippen LogP contribution is 2.16. The number of aliphatic hydroxyl groups excluding tert-OH is 1. The molecule has 120 valence electrons. The summed E-state index contributed by atoms with van der Waals surface area (Å²) in [6.45, 7) is 2.04. The first-order chi connectivity index (χ1) is 11.7. The Kier molecular flexibility index (Phi) is 4.99. The van der Waals surface area contributed by atoms with Crippen LogP contribution < -0.4 is 0 Å². The van der Waals surface area contributed by atoms with E-state index in [2.05, 4.69) is 9.98 Å². The first-order valence-corrected chi connectivity index (χ1v) is 7.67. The summed E-state index contributed by atoms with van der Waals surface area (Å²) < 4.78 is 5.67. The Bertz CT molecular complexity index is 879. The number of aryl methyl sites for hydroxylation is 1. The van der Waals surface area contributed by atoms with E-state index < -0.39 is 0 Å². The van der Waals surface area contributed by atoms with E-state index in [1.165, 1.54) is 5.56 Å². The zero-order chi connectivity index (χ0) is 16.8. The van der Waals surface area contributed by atoms with Gasteiger partial charge in [-0.1, -0.05) is 24.3 Å². The predicted octanol–water partition coefficient (Wildman–Crippen LogP) is 4.58. The molecule has 0 amide bonds. The Morgan fingerprint density at radius 1 is 0.875 bits per heavy atom. The molecule has 0 aliphatic heterocycles. The maximum Gasteiger partial charge on any atom is 0.145 e. The molecule has 0 fully saturated rings. The normalized spacial score (nSPS) is 11.6. The number of aliphatic imine (C=N–C) groups is 2. The average molecular weight is 318 g/mol. The Balaban J connectivity index is 1.70. The molecule has 0 radical (unpaired) electrons. The fourth-order valence-corrected chi connectivity index (χ4v) is 2.23. The lowest BCUT2D eigenvalue weighted by atomic mass is 10.2. The van der Waals surface area contributed by atoms with Crippen molar-refractivity contribution in [3.05, 3.63) is 83.3 Å². The van der Waals surface area contributed by atoms with E-state index in [4.69, 9.17) is 9.52 Å². The molecule has 1 heterocycles. The lowest BCUT2D eigenvalue weighted by molar-refractivity contribution is 0.282. The minimum absolute atomic E-state index is 0.00366. The van der Waals surface area contributed by atoms with Gasteiger partial charge in [0.2, 0.25) is 0 Å². The number of nitrogens with zero attached hydrogens (tertiary/aromatic N) is 2. The van der Waals surface area contributed by atoms with Crippen LogP contribution in [0, 0.1) is 6.92 Å². The molecule has 0 saturated carbocycles. The number of hydrogen-bond donors (Lipinski definition) is 1. The van der Waals surface area contributed by atoms with Gasteiger partial charge in [-0.15, -0.1) is 0 Å². The molecule has 0 aliphatic carbocycles. The smallest absolute Gasteiger partial charge is 0.145 e. The summed E-state index contributed by atoms with van der Waals surface area (Å²) in [5.74, 6) is 1.32. The fraction of sp³-hybridized carbons (Fsp3) is 0.100. The second kappa shape index (κ2) is 7.53. The topological polar surface area (TPSA) is 58.1 Å². The molecule has 1 aromatic heterocycles. The first kappa shape index (κ1) is 15.9. The van der Waals surface area contributed by atoms with Crippen LogP contribution in [-0.2, 0) is 6.61 Å². The first-order valence-electron chi connectivity index (χ1n) is 7.67. The van der Waals surface area contributed by atoms with Crippen LogP contribution in [-0.4, -0.2) is 17.5 Å². The zero-order valence-electron chi connectivity index (χ0n) is 13.4. The third kappa shape index (κ3) is 4.27. The van der Waals surface area contributed by atoms with Crippen molar-refractivity contribution >= 4 is 23.8 Å². The highest BCUT2D eigenvalue weighted by Gasteiger charge is 1.98. The summed E-state index contributed by atoms with van der Waals surface area (Å²) in [7, 11) is 0. The molecule has 0 spiro atoms. The Hall–Kier alpha value is -2.98. The number of hydrogen-bond acceptors (Lipinski definition) is 4. The largest absolute Gasteiger partial charge is 0.454 e. The maximum atomic E-state index is 9.14. The van der Waals surface area contributed by atoms with Gasteiger partial charge in [0, 0.05) is 0 Å². The number of aliphatic hydroxyl groups is 1. The van der Waals surface area contributed by atoms with Crippen molar-refractivity contribution in [3.63, 3.8) is 0 Å². The molecule has 0 bridgehead atoms. The van der Waals surface area contributed by atoms with Crippen LogP contribution in [0.25, 0.3) is 0 Å². The van der Waals surface area contributed by atoms with Gasteiger partial charge in [0.25, 0.3) is 0 Å². The van der Waals surface area contributed by atoms with Crippen molar-refractivity contribution in [1.82, 2.24) is 0 Å². The summed E-state index contributed by atoms with van der Waals surface area (Å²) in [6, 6.07) is 19.1.